The predicted molar refractivity (Wildman–Crippen MR) is 35.1 cm³/mol. The molecule has 0 aromatic heterocycles. The van der Waals surface area contributed by atoms with Crippen LogP contribution in [0.5, 0.6) is 0 Å². The summed E-state index contributed by atoms with van der Waals surface area (Å²) in [4.78, 5) is 10.1. The van der Waals surface area contributed by atoms with Gasteiger partial charge in [-0.25, -0.2) is 0 Å². The van der Waals surface area contributed by atoms with E-state index < -0.39 is 11.5 Å². The summed E-state index contributed by atoms with van der Waals surface area (Å²) in [6.45, 7) is 3.62. The molecule has 0 heterocycles. The van der Waals surface area contributed by atoms with Crippen molar-refractivity contribution in [3.8, 4) is 0 Å². The molecule has 9 heavy (non-hydrogen) atoms. The largest absolute Gasteiger partial charge is 0.481 e. The van der Waals surface area contributed by atoms with Crippen LogP contribution in [0.4, 0.5) is 0 Å². The molecule has 0 saturated heterocycles. The minimum atomic E-state index is -0.832. The van der Waals surface area contributed by atoms with Crippen LogP contribution in [0.15, 0.2) is 0 Å². The van der Waals surface area contributed by atoms with Crippen molar-refractivity contribution in [1.82, 2.24) is 0 Å². The molecule has 0 unspecified atom stereocenters. The lowest BCUT2D eigenvalue weighted by molar-refractivity contribution is -0.138. The SMILES string of the molecule is CC[C@](C)(N)CC(=O)O. The van der Waals surface area contributed by atoms with Gasteiger partial charge in [-0.2, -0.15) is 0 Å². The molecule has 0 radical (unpaired) electrons. The Morgan fingerprint density at radius 2 is 2.22 bits per heavy atom. The Bertz CT molecular complexity index is 110. The molecule has 3 N–H and O–H groups in total. The zero-order chi connectivity index (χ0) is 7.49. The third-order valence-electron chi connectivity index (χ3n) is 1.36. The summed E-state index contributed by atoms with van der Waals surface area (Å²) < 4.78 is 0. The number of hydrogen-bond donors (Lipinski definition) is 2. The van der Waals surface area contributed by atoms with E-state index in [2.05, 4.69) is 0 Å². The molecule has 1 atom stereocenters. The summed E-state index contributed by atoms with van der Waals surface area (Å²) in [6, 6.07) is 0. The number of nitrogens with two attached hydrogens (primary N) is 1. The van der Waals surface area contributed by atoms with Crippen molar-refractivity contribution in [2.24, 2.45) is 5.73 Å². The first-order valence-electron chi connectivity index (χ1n) is 2.98. The number of carboxylic acids is 1. The van der Waals surface area contributed by atoms with Crippen LogP contribution in [0, 0.1) is 0 Å². The molecular formula is C6H13NO2. The monoisotopic (exact) mass is 131 g/mol. The summed E-state index contributed by atoms with van der Waals surface area (Å²) in [6.07, 6.45) is 0.739. The van der Waals surface area contributed by atoms with Crippen molar-refractivity contribution in [2.75, 3.05) is 0 Å². The summed E-state index contributed by atoms with van der Waals surface area (Å²) in [5.74, 6) is -0.832. The maximum absolute atomic E-state index is 10.1. The van der Waals surface area contributed by atoms with Crippen molar-refractivity contribution >= 4 is 5.97 Å². The average molecular weight is 131 g/mol. The fourth-order valence-corrected chi connectivity index (χ4v) is 0.470. The Kier molecular flexibility index (Phi) is 2.65. The van der Waals surface area contributed by atoms with E-state index >= 15 is 0 Å². The van der Waals surface area contributed by atoms with Crippen LogP contribution >= 0.6 is 0 Å². The molecule has 3 heteroatoms. The maximum Gasteiger partial charge on any atom is 0.305 e. The highest BCUT2D eigenvalue weighted by atomic mass is 16.4. The molecule has 0 fully saturated rings. The zero-order valence-corrected chi connectivity index (χ0v) is 5.85. The Morgan fingerprint density at radius 1 is 1.78 bits per heavy atom. The molecule has 0 aliphatic heterocycles. The van der Waals surface area contributed by atoms with E-state index in [1.807, 2.05) is 6.92 Å². The predicted octanol–water partition coefficient (Wildman–Crippen LogP) is 0.589. The summed E-state index contributed by atoms with van der Waals surface area (Å²) >= 11 is 0. The standard InChI is InChI=1S/C6H13NO2/c1-3-6(2,7)4-5(8)9/h3-4,7H2,1-2H3,(H,8,9)/t6-/m0/s1. The number of rotatable bonds is 3. The molecule has 0 aromatic rings. The van der Waals surface area contributed by atoms with Gasteiger partial charge in [0.05, 0.1) is 6.42 Å². The molecule has 54 valence electrons. The van der Waals surface area contributed by atoms with Crippen molar-refractivity contribution < 1.29 is 9.90 Å². The van der Waals surface area contributed by atoms with Crippen molar-refractivity contribution in [2.45, 2.75) is 32.2 Å². The molecule has 0 bridgehead atoms. The van der Waals surface area contributed by atoms with Gasteiger partial charge in [-0.05, 0) is 13.3 Å². The Labute approximate surface area is 54.9 Å². The highest BCUT2D eigenvalue weighted by Crippen LogP contribution is 2.08. The second-order valence-corrected chi connectivity index (χ2v) is 2.58. The van der Waals surface area contributed by atoms with Gasteiger partial charge in [-0.3, -0.25) is 4.79 Å². The van der Waals surface area contributed by atoms with Crippen molar-refractivity contribution in [3.05, 3.63) is 0 Å². The van der Waals surface area contributed by atoms with Gasteiger partial charge in [-0.1, -0.05) is 6.92 Å². The van der Waals surface area contributed by atoms with Gasteiger partial charge in [0.2, 0.25) is 0 Å². The Balaban J connectivity index is 3.71. The van der Waals surface area contributed by atoms with E-state index in [-0.39, 0.29) is 6.42 Å². The Morgan fingerprint density at radius 3 is 2.33 bits per heavy atom. The highest BCUT2D eigenvalue weighted by molar-refractivity contribution is 5.68. The van der Waals surface area contributed by atoms with Gasteiger partial charge in [0.15, 0.2) is 0 Å². The van der Waals surface area contributed by atoms with E-state index in [4.69, 9.17) is 10.8 Å². The van der Waals surface area contributed by atoms with Gasteiger partial charge in [-0.15, -0.1) is 0 Å². The first kappa shape index (κ1) is 8.43. The lowest BCUT2D eigenvalue weighted by atomic mass is 9.96. The molecule has 0 saturated carbocycles. The second kappa shape index (κ2) is 2.82. The van der Waals surface area contributed by atoms with Gasteiger partial charge in [0.1, 0.15) is 0 Å². The van der Waals surface area contributed by atoms with Crippen LogP contribution < -0.4 is 5.73 Å². The second-order valence-electron chi connectivity index (χ2n) is 2.58. The van der Waals surface area contributed by atoms with Crippen LogP contribution in [-0.4, -0.2) is 16.6 Å². The van der Waals surface area contributed by atoms with E-state index in [1.165, 1.54) is 0 Å². The molecule has 0 aliphatic rings. The fourth-order valence-electron chi connectivity index (χ4n) is 0.470. The highest BCUT2D eigenvalue weighted by Gasteiger charge is 2.18. The van der Waals surface area contributed by atoms with Crippen molar-refractivity contribution in [1.29, 1.82) is 0 Å². The smallest absolute Gasteiger partial charge is 0.305 e. The fraction of sp³-hybridized carbons (Fsp3) is 0.833. The first-order valence-corrected chi connectivity index (χ1v) is 2.98. The quantitative estimate of drug-likeness (QED) is 0.589. The van der Waals surface area contributed by atoms with E-state index in [0.29, 0.717) is 6.42 Å². The van der Waals surface area contributed by atoms with E-state index in [1.54, 1.807) is 6.92 Å². The molecular weight excluding hydrogens is 118 g/mol. The van der Waals surface area contributed by atoms with Gasteiger partial charge < -0.3 is 10.8 Å². The van der Waals surface area contributed by atoms with Crippen LogP contribution in [0.1, 0.15) is 26.7 Å². The molecule has 3 nitrogen and oxygen atoms in total. The molecule has 0 amide bonds. The van der Waals surface area contributed by atoms with E-state index in [9.17, 15) is 4.79 Å². The summed E-state index contributed by atoms with van der Waals surface area (Å²) in [5, 5.41) is 8.30. The third kappa shape index (κ3) is 3.97. The zero-order valence-electron chi connectivity index (χ0n) is 5.85. The average Bonchev–Trinajstić information content (AvgIpc) is 1.63. The molecule has 0 rings (SSSR count). The molecule has 0 aromatic carbocycles. The molecule has 0 spiro atoms. The normalized spacial score (nSPS) is 16.8. The Hall–Kier alpha value is -0.570. The van der Waals surface area contributed by atoms with E-state index in [0.717, 1.165) is 0 Å². The molecule has 0 aliphatic carbocycles. The lowest BCUT2D eigenvalue weighted by Crippen LogP contribution is -2.37. The summed E-state index contributed by atoms with van der Waals surface area (Å²) in [5.41, 5.74) is 5.00. The minimum absolute atomic E-state index is 0.0451. The lowest BCUT2D eigenvalue weighted by Gasteiger charge is -2.19. The summed E-state index contributed by atoms with van der Waals surface area (Å²) in [7, 11) is 0. The van der Waals surface area contributed by atoms with Gasteiger partial charge >= 0.3 is 5.97 Å². The van der Waals surface area contributed by atoms with Gasteiger partial charge in [0.25, 0.3) is 0 Å². The number of hydrogen-bond acceptors (Lipinski definition) is 2. The van der Waals surface area contributed by atoms with Crippen LogP contribution in [0.2, 0.25) is 0 Å². The topological polar surface area (TPSA) is 63.3 Å². The van der Waals surface area contributed by atoms with Gasteiger partial charge in [0, 0.05) is 5.54 Å². The number of aliphatic carboxylic acids is 1. The maximum atomic E-state index is 10.1. The van der Waals surface area contributed by atoms with Crippen LogP contribution in [-0.2, 0) is 4.79 Å². The van der Waals surface area contributed by atoms with Crippen LogP contribution in [0.3, 0.4) is 0 Å². The minimum Gasteiger partial charge on any atom is -0.481 e. The number of carbonyl (C=O) groups is 1. The number of carboxylic acid groups (broad SMARTS) is 1. The van der Waals surface area contributed by atoms with Crippen molar-refractivity contribution in [3.63, 3.8) is 0 Å². The van der Waals surface area contributed by atoms with Crippen LogP contribution in [0.25, 0.3) is 0 Å². The first-order chi connectivity index (χ1) is 3.98. The third-order valence-corrected chi connectivity index (χ3v) is 1.36.